The number of hydrogen-bond donors (Lipinski definition) is 1. The second kappa shape index (κ2) is 10.2. The number of unbranched alkanes of at least 4 members (excludes halogenated alkanes) is 3. The van der Waals surface area contributed by atoms with Crippen LogP contribution in [-0.4, -0.2) is 22.6 Å². The number of carbonyl (C=O) groups is 2. The maximum Gasteiger partial charge on any atom is 0.187 e. The van der Waals surface area contributed by atoms with E-state index in [2.05, 4.69) is 60.7 Å². The van der Waals surface area contributed by atoms with Crippen LogP contribution in [0.15, 0.2) is 11.1 Å². The molecule has 162 valence electrons. The Morgan fingerprint density at radius 3 is 1.54 bits per heavy atom. The van der Waals surface area contributed by atoms with E-state index < -0.39 is 5.54 Å². The molecule has 0 bridgehead atoms. The Balaban J connectivity index is 3.33. The first-order valence-electron chi connectivity index (χ1n) is 11.5. The zero-order valence-corrected chi connectivity index (χ0v) is 19.9. The van der Waals surface area contributed by atoms with Gasteiger partial charge in [0, 0.05) is 16.7 Å². The summed E-state index contributed by atoms with van der Waals surface area (Å²) in [6, 6.07) is 0. The van der Waals surface area contributed by atoms with E-state index in [9.17, 15) is 9.59 Å². The van der Waals surface area contributed by atoms with Gasteiger partial charge in [-0.2, -0.15) is 0 Å². The molecule has 3 heteroatoms. The summed E-state index contributed by atoms with van der Waals surface area (Å²) in [5.74, 6) is 0.153. The minimum atomic E-state index is -1.04. The van der Waals surface area contributed by atoms with Gasteiger partial charge in [0.1, 0.15) is 5.54 Å². The quantitative estimate of drug-likeness (QED) is 0.384. The van der Waals surface area contributed by atoms with Crippen molar-refractivity contribution in [3.63, 3.8) is 0 Å². The van der Waals surface area contributed by atoms with Crippen molar-refractivity contribution in [2.24, 2.45) is 5.41 Å². The lowest BCUT2D eigenvalue weighted by Crippen LogP contribution is -2.63. The highest BCUT2D eigenvalue weighted by molar-refractivity contribution is 6.31. The normalized spacial score (nSPS) is 17.7. The van der Waals surface area contributed by atoms with Crippen LogP contribution < -0.4 is 5.32 Å². The summed E-state index contributed by atoms with van der Waals surface area (Å²) in [5, 5.41) is 3.63. The van der Waals surface area contributed by atoms with E-state index in [4.69, 9.17) is 0 Å². The molecule has 0 aromatic heterocycles. The summed E-state index contributed by atoms with van der Waals surface area (Å²) >= 11 is 0. The first-order chi connectivity index (χ1) is 12.9. The van der Waals surface area contributed by atoms with Gasteiger partial charge in [0.2, 0.25) is 0 Å². The Labute approximate surface area is 174 Å². The van der Waals surface area contributed by atoms with Crippen LogP contribution in [0.25, 0.3) is 0 Å². The molecule has 0 aromatic rings. The van der Waals surface area contributed by atoms with E-state index in [0.717, 1.165) is 68.9 Å². The predicted molar refractivity (Wildman–Crippen MR) is 120 cm³/mol. The summed E-state index contributed by atoms with van der Waals surface area (Å²) in [6.45, 7) is 17.3. The van der Waals surface area contributed by atoms with Gasteiger partial charge in [-0.15, -0.1) is 0 Å². The van der Waals surface area contributed by atoms with Gasteiger partial charge in [0.05, 0.1) is 0 Å². The third-order valence-electron chi connectivity index (χ3n) is 5.68. The number of ketones is 2. The van der Waals surface area contributed by atoms with Crippen molar-refractivity contribution in [1.29, 1.82) is 0 Å². The number of carbonyl (C=O) groups excluding carboxylic acids is 2. The van der Waals surface area contributed by atoms with Crippen molar-refractivity contribution in [3.05, 3.63) is 11.1 Å². The van der Waals surface area contributed by atoms with Crippen LogP contribution in [0, 0.1) is 5.41 Å². The van der Waals surface area contributed by atoms with Crippen molar-refractivity contribution >= 4 is 11.6 Å². The van der Waals surface area contributed by atoms with Crippen LogP contribution in [0.5, 0.6) is 0 Å². The van der Waals surface area contributed by atoms with Crippen LogP contribution in [0.2, 0.25) is 0 Å². The predicted octanol–water partition coefficient (Wildman–Crippen LogP) is 6.55. The number of hydrogen-bond acceptors (Lipinski definition) is 3. The second-order valence-electron chi connectivity index (χ2n) is 10.6. The molecule has 28 heavy (non-hydrogen) atoms. The minimum absolute atomic E-state index is 0.0764. The Kier molecular flexibility index (Phi) is 9.12. The number of nitrogens with one attached hydrogen (secondary N) is 1. The molecular weight excluding hydrogens is 346 g/mol. The number of rotatable bonds is 12. The van der Waals surface area contributed by atoms with Gasteiger partial charge >= 0.3 is 0 Å². The Bertz CT molecular complexity index is 548. The molecule has 0 heterocycles. The van der Waals surface area contributed by atoms with Crippen molar-refractivity contribution in [2.75, 3.05) is 0 Å². The van der Waals surface area contributed by atoms with Crippen LogP contribution in [0.1, 0.15) is 120 Å². The highest BCUT2D eigenvalue weighted by Gasteiger charge is 2.54. The van der Waals surface area contributed by atoms with Crippen molar-refractivity contribution in [2.45, 2.75) is 131 Å². The zero-order chi connectivity index (χ0) is 21.6. The molecule has 0 fully saturated rings. The summed E-state index contributed by atoms with van der Waals surface area (Å²) in [5.41, 5.74) is 0.451. The van der Waals surface area contributed by atoms with E-state index in [-0.39, 0.29) is 22.5 Å². The van der Waals surface area contributed by atoms with Gasteiger partial charge in [-0.3, -0.25) is 14.9 Å². The van der Waals surface area contributed by atoms with Crippen LogP contribution in [-0.2, 0) is 9.59 Å². The van der Waals surface area contributed by atoms with Crippen molar-refractivity contribution < 1.29 is 9.59 Å². The monoisotopic (exact) mass is 391 g/mol. The maximum atomic E-state index is 13.7. The lowest BCUT2D eigenvalue weighted by Gasteiger charge is -2.41. The number of Topliss-reactive ketones (excluding diaryl/α,β-unsaturated/α-hetero) is 2. The van der Waals surface area contributed by atoms with Gasteiger partial charge in [-0.25, -0.2) is 0 Å². The lowest BCUT2D eigenvalue weighted by atomic mass is 9.77. The molecule has 0 amide bonds. The molecule has 0 radical (unpaired) electrons. The van der Waals surface area contributed by atoms with E-state index in [1.807, 2.05) is 0 Å². The summed E-state index contributed by atoms with van der Waals surface area (Å²) in [4.78, 5) is 27.5. The molecule has 0 aliphatic heterocycles. The van der Waals surface area contributed by atoms with Gasteiger partial charge in [-0.1, -0.05) is 67.2 Å². The minimum Gasteiger partial charge on any atom is -0.293 e. The SMILES string of the molecule is CCCCC1=C(CCCC)C(=O)C(CCCC)(NC(C)(C)CC(C)(C)C)C1=O. The fraction of sp³-hybridized carbons (Fsp3) is 0.840. The molecule has 0 unspecified atom stereocenters. The van der Waals surface area contributed by atoms with E-state index >= 15 is 0 Å². The van der Waals surface area contributed by atoms with Gasteiger partial charge < -0.3 is 0 Å². The van der Waals surface area contributed by atoms with Gasteiger partial charge in [-0.05, 0) is 57.8 Å². The third-order valence-corrected chi connectivity index (χ3v) is 5.68. The lowest BCUT2D eigenvalue weighted by molar-refractivity contribution is -0.132. The highest BCUT2D eigenvalue weighted by Crippen LogP contribution is 2.40. The maximum absolute atomic E-state index is 13.7. The first-order valence-corrected chi connectivity index (χ1v) is 11.5. The largest absolute Gasteiger partial charge is 0.293 e. The fourth-order valence-corrected chi connectivity index (χ4v) is 4.92. The summed E-state index contributed by atoms with van der Waals surface area (Å²) in [7, 11) is 0. The van der Waals surface area contributed by atoms with Crippen molar-refractivity contribution in [1.82, 2.24) is 5.32 Å². The topological polar surface area (TPSA) is 46.2 Å². The summed E-state index contributed by atoms with van der Waals surface area (Å²) in [6.07, 6.45) is 8.90. The Hall–Kier alpha value is -0.960. The summed E-state index contributed by atoms with van der Waals surface area (Å²) < 4.78 is 0. The Morgan fingerprint density at radius 2 is 1.18 bits per heavy atom. The van der Waals surface area contributed by atoms with Gasteiger partial charge in [0.15, 0.2) is 11.6 Å². The first kappa shape index (κ1) is 25.1. The van der Waals surface area contributed by atoms with E-state index in [1.54, 1.807) is 0 Å². The molecule has 1 aliphatic rings. The second-order valence-corrected chi connectivity index (χ2v) is 10.6. The zero-order valence-electron chi connectivity index (χ0n) is 19.9. The molecule has 1 aliphatic carbocycles. The van der Waals surface area contributed by atoms with Crippen LogP contribution >= 0.6 is 0 Å². The van der Waals surface area contributed by atoms with E-state index in [0.29, 0.717) is 6.42 Å². The standard InChI is InChI=1S/C25H45NO2/c1-9-12-15-19-20(16-13-10-2)22(28)25(21(19)27,17-14-11-3)26-24(7,8)18-23(4,5)6/h26H,9-18H2,1-8H3. The molecule has 0 spiro atoms. The molecule has 0 atom stereocenters. The average molecular weight is 392 g/mol. The molecule has 1 rings (SSSR count). The van der Waals surface area contributed by atoms with E-state index in [1.165, 1.54) is 0 Å². The fourth-order valence-electron chi connectivity index (χ4n) is 4.92. The molecule has 1 N–H and O–H groups in total. The molecule has 0 saturated carbocycles. The highest BCUT2D eigenvalue weighted by atomic mass is 16.2. The molecule has 3 nitrogen and oxygen atoms in total. The molecular formula is C25H45NO2. The van der Waals surface area contributed by atoms with Crippen molar-refractivity contribution in [3.8, 4) is 0 Å². The average Bonchev–Trinajstić information content (AvgIpc) is 2.75. The molecule has 0 aromatic carbocycles. The molecule has 0 saturated heterocycles. The van der Waals surface area contributed by atoms with Gasteiger partial charge in [0.25, 0.3) is 0 Å². The Morgan fingerprint density at radius 1 is 0.750 bits per heavy atom. The van der Waals surface area contributed by atoms with Crippen LogP contribution in [0.3, 0.4) is 0 Å². The van der Waals surface area contributed by atoms with Crippen LogP contribution in [0.4, 0.5) is 0 Å². The smallest absolute Gasteiger partial charge is 0.187 e. The third kappa shape index (κ3) is 6.27.